The van der Waals surface area contributed by atoms with E-state index in [0.717, 1.165) is 17.8 Å². The van der Waals surface area contributed by atoms with Crippen molar-refractivity contribution in [1.29, 1.82) is 0 Å². The van der Waals surface area contributed by atoms with Crippen molar-refractivity contribution in [2.24, 2.45) is 0 Å². The van der Waals surface area contributed by atoms with Gasteiger partial charge in [0.15, 0.2) is 0 Å². The molecular weight excluding hydrogens is 184 g/mol. The van der Waals surface area contributed by atoms with Crippen LogP contribution in [0.15, 0.2) is 24.4 Å². The summed E-state index contributed by atoms with van der Waals surface area (Å²) in [5.74, 6) is 0. The average Bonchev–Trinajstić information content (AvgIpc) is 2.25. The normalized spacial score (nSPS) is 17.4. The van der Waals surface area contributed by atoms with Crippen molar-refractivity contribution in [3.8, 4) is 0 Å². The highest BCUT2D eigenvalue weighted by Gasteiger charge is 2.08. The van der Waals surface area contributed by atoms with Gasteiger partial charge in [0.25, 0.3) is 0 Å². The van der Waals surface area contributed by atoms with Crippen molar-refractivity contribution >= 4 is 0 Å². The molecule has 0 aromatic carbocycles. The van der Waals surface area contributed by atoms with Gasteiger partial charge in [-0.1, -0.05) is 19.6 Å². The first kappa shape index (κ1) is 12.3. The second-order valence-electron chi connectivity index (χ2n) is 4.44. The third-order valence-corrected chi connectivity index (χ3v) is 2.95. The van der Waals surface area contributed by atoms with Crippen LogP contribution in [0.2, 0.25) is 0 Å². The highest BCUT2D eigenvalue weighted by molar-refractivity contribution is 5.20. The molecule has 2 nitrogen and oxygen atoms in total. The van der Waals surface area contributed by atoms with Crippen molar-refractivity contribution in [3.63, 3.8) is 0 Å². The lowest BCUT2D eigenvalue weighted by Crippen LogP contribution is -2.32. The number of allylic oxidation sites excluding steroid dienone is 1. The van der Waals surface area contributed by atoms with Crippen molar-refractivity contribution in [2.45, 2.75) is 32.6 Å². The van der Waals surface area contributed by atoms with Crippen molar-refractivity contribution in [2.75, 3.05) is 26.2 Å². The molecule has 0 saturated carbocycles. The fourth-order valence-corrected chi connectivity index (χ4v) is 1.88. The molecule has 0 unspecified atom stereocenters. The van der Waals surface area contributed by atoms with Gasteiger partial charge in [-0.25, -0.2) is 0 Å². The highest BCUT2D eigenvalue weighted by Crippen LogP contribution is 2.08. The summed E-state index contributed by atoms with van der Waals surface area (Å²) < 4.78 is 0. The summed E-state index contributed by atoms with van der Waals surface area (Å²) in [6.45, 7) is 14.6. The number of hydrogen-bond donors (Lipinski definition) is 1. The Labute approximate surface area is 94.0 Å². The summed E-state index contributed by atoms with van der Waals surface area (Å²) in [5.41, 5.74) is 2.02. The Kier molecular flexibility index (Phi) is 5.48. The Bertz CT molecular complexity index is 215. The van der Waals surface area contributed by atoms with E-state index in [1.165, 1.54) is 45.3 Å². The summed E-state index contributed by atoms with van der Waals surface area (Å²) in [6, 6.07) is 0. The van der Waals surface area contributed by atoms with Crippen LogP contribution in [0.25, 0.3) is 0 Å². The van der Waals surface area contributed by atoms with E-state index in [4.69, 9.17) is 0 Å². The molecule has 0 atom stereocenters. The van der Waals surface area contributed by atoms with Gasteiger partial charge < -0.3 is 10.2 Å². The van der Waals surface area contributed by atoms with Crippen LogP contribution in [0.1, 0.15) is 32.6 Å². The van der Waals surface area contributed by atoms with E-state index < -0.39 is 0 Å². The lowest BCUT2D eigenvalue weighted by atomic mass is 10.1. The molecule has 86 valence electrons. The van der Waals surface area contributed by atoms with E-state index in [9.17, 15) is 0 Å². The van der Waals surface area contributed by atoms with Crippen LogP contribution in [-0.2, 0) is 0 Å². The van der Waals surface area contributed by atoms with Crippen LogP contribution in [0.3, 0.4) is 0 Å². The van der Waals surface area contributed by atoms with Gasteiger partial charge in [-0.15, -0.1) is 0 Å². The maximum absolute atomic E-state index is 3.91. The number of hydrogen-bond acceptors (Lipinski definition) is 2. The van der Waals surface area contributed by atoms with Crippen molar-refractivity contribution in [1.82, 2.24) is 10.2 Å². The van der Waals surface area contributed by atoms with E-state index in [-0.39, 0.29) is 0 Å². The van der Waals surface area contributed by atoms with Gasteiger partial charge in [-0.2, -0.15) is 0 Å². The van der Waals surface area contributed by atoms with Gasteiger partial charge >= 0.3 is 0 Å². The summed E-state index contributed by atoms with van der Waals surface area (Å²) in [7, 11) is 0. The third-order valence-electron chi connectivity index (χ3n) is 2.95. The first-order chi connectivity index (χ1) is 7.20. The van der Waals surface area contributed by atoms with Gasteiger partial charge in [0, 0.05) is 12.2 Å². The zero-order valence-electron chi connectivity index (χ0n) is 10.0. The smallest absolute Gasteiger partial charge is 0.0290 e. The standard InChI is InChI=1S/C13H24N2/c1-12(2)13(3)14-8-7-11-15-9-5-4-6-10-15/h14H,1,3-11H2,2H3. The molecule has 1 fully saturated rings. The van der Waals surface area contributed by atoms with Gasteiger partial charge in [0.05, 0.1) is 0 Å². The fraction of sp³-hybridized carbons (Fsp3) is 0.692. The SMILES string of the molecule is C=C(C)C(=C)NCCCN1CCCCC1. The maximum atomic E-state index is 3.91. The lowest BCUT2D eigenvalue weighted by Gasteiger charge is -2.26. The highest BCUT2D eigenvalue weighted by atomic mass is 15.1. The molecule has 1 heterocycles. The number of nitrogens with zero attached hydrogens (tertiary/aromatic N) is 1. The van der Waals surface area contributed by atoms with E-state index in [2.05, 4.69) is 23.4 Å². The predicted molar refractivity (Wildman–Crippen MR) is 66.9 cm³/mol. The first-order valence-electron chi connectivity index (χ1n) is 6.01. The quantitative estimate of drug-likeness (QED) is 0.533. The van der Waals surface area contributed by atoms with E-state index >= 15 is 0 Å². The van der Waals surface area contributed by atoms with Crippen molar-refractivity contribution < 1.29 is 0 Å². The van der Waals surface area contributed by atoms with Crippen molar-refractivity contribution in [3.05, 3.63) is 24.4 Å². The predicted octanol–water partition coefficient (Wildman–Crippen LogP) is 2.54. The van der Waals surface area contributed by atoms with Gasteiger partial charge in [0.2, 0.25) is 0 Å². The molecule has 1 rings (SSSR count). The number of rotatable bonds is 6. The van der Waals surface area contributed by atoms with Crippen LogP contribution in [0.4, 0.5) is 0 Å². The fourth-order valence-electron chi connectivity index (χ4n) is 1.88. The monoisotopic (exact) mass is 208 g/mol. The number of piperidine rings is 1. The molecule has 0 aromatic rings. The summed E-state index contributed by atoms with van der Waals surface area (Å²) in [4.78, 5) is 2.56. The molecule has 2 heteroatoms. The molecule has 0 bridgehead atoms. The molecule has 0 spiro atoms. The van der Waals surface area contributed by atoms with Gasteiger partial charge in [-0.3, -0.25) is 0 Å². The van der Waals surface area contributed by atoms with Crippen LogP contribution in [-0.4, -0.2) is 31.1 Å². The Morgan fingerprint density at radius 2 is 1.87 bits per heavy atom. The molecule has 1 N–H and O–H groups in total. The number of likely N-dealkylation sites (tertiary alicyclic amines) is 1. The molecule has 0 aliphatic carbocycles. The topological polar surface area (TPSA) is 15.3 Å². The second-order valence-corrected chi connectivity index (χ2v) is 4.44. The minimum Gasteiger partial charge on any atom is -0.385 e. The summed E-state index contributed by atoms with van der Waals surface area (Å²) in [5, 5.41) is 3.30. The third kappa shape index (κ3) is 5.03. The maximum Gasteiger partial charge on any atom is 0.0290 e. The molecule has 0 aromatic heterocycles. The molecule has 0 radical (unpaired) electrons. The molecule has 1 aliphatic rings. The minimum atomic E-state index is 0.980. The zero-order chi connectivity index (χ0) is 11.1. The molecule has 1 saturated heterocycles. The Morgan fingerprint density at radius 1 is 1.20 bits per heavy atom. The Morgan fingerprint density at radius 3 is 2.47 bits per heavy atom. The molecule has 1 aliphatic heterocycles. The van der Waals surface area contributed by atoms with E-state index in [1.807, 2.05) is 6.92 Å². The largest absolute Gasteiger partial charge is 0.385 e. The van der Waals surface area contributed by atoms with Crippen LogP contribution < -0.4 is 5.32 Å². The molecule has 0 amide bonds. The molecular formula is C13H24N2. The van der Waals surface area contributed by atoms with E-state index in [0.29, 0.717) is 0 Å². The Balaban J connectivity index is 2.01. The lowest BCUT2D eigenvalue weighted by molar-refractivity contribution is 0.226. The summed E-state index contributed by atoms with van der Waals surface area (Å²) >= 11 is 0. The summed E-state index contributed by atoms with van der Waals surface area (Å²) in [6.07, 6.45) is 5.38. The minimum absolute atomic E-state index is 0.980. The van der Waals surface area contributed by atoms with E-state index in [1.54, 1.807) is 0 Å². The average molecular weight is 208 g/mol. The van der Waals surface area contributed by atoms with Gasteiger partial charge in [0.1, 0.15) is 0 Å². The first-order valence-corrected chi connectivity index (χ1v) is 6.01. The van der Waals surface area contributed by atoms with Gasteiger partial charge in [-0.05, 0) is 51.4 Å². The Hall–Kier alpha value is -0.760. The zero-order valence-corrected chi connectivity index (χ0v) is 10.0. The molecule has 15 heavy (non-hydrogen) atoms. The second kappa shape index (κ2) is 6.67. The number of nitrogens with one attached hydrogen (secondary N) is 1. The van der Waals surface area contributed by atoms with Crippen LogP contribution in [0, 0.1) is 0 Å². The van der Waals surface area contributed by atoms with Crippen LogP contribution >= 0.6 is 0 Å². The van der Waals surface area contributed by atoms with Crippen LogP contribution in [0.5, 0.6) is 0 Å².